The molecule has 0 aliphatic carbocycles. The molecule has 2 aliphatic heterocycles. The zero-order chi connectivity index (χ0) is 20.3. The Labute approximate surface area is 163 Å². The number of carbonyl (C=O) groups excluding carboxylic acids is 3. The van der Waals surface area contributed by atoms with Crippen molar-refractivity contribution in [3.63, 3.8) is 0 Å². The van der Waals surface area contributed by atoms with Crippen molar-refractivity contribution in [3.8, 4) is 11.5 Å². The molecule has 1 aromatic rings. The second-order valence-corrected chi connectivity index (χ2v) is 7.39. The number of aliphatic hydroxyl groups is 1. The number of hydrogen-bond acceptors (Lipinski definition) is 6. The van der Waals surface area contributed by atoms with E-state index in [0.717, 1.165) is 10.5 Å². The van der Waals surface area contributed by atoms with E-state index in [1.807, 2.05) is 13.8 Å². The van der Waals surface area contributed by atoms with Gasteiger partial charge in [0.05, 0.1) is 25.6 Å². The van der Waals surface area contributed by atoms with Crippen molar-refractivity contribution >= 4 is 17.8 Å². The minimum absolute atomic E-state index is 0.0754. The van der Waals surface area contributed by atoms with Crippen LogP contribution in [-0.4, -0.2) is 53.3 Å². The number of nitrogens with zero attached hydrogens (tertiary/aromatic N) is 1. The fraction of sp³-hybridized carbons (Fsp3) is 0.526. The maximum atomic E-state index is 12.6. The van der Waals surface area contributed by atoms with Crippen LogP contribution in [0.1, 0.15) is 32.3 Å². The minimum atomic E-state index is -0.917. The molecule has 1 aromatic carbocycles. The smallest absolute Gasteiger partial charge is 0.325 e. The van der Waals surface area contributed by atoms with E-state index >= 15 is 0 Å². The molecule has 0 radical (unpaired) electrons. The van der Waals surface area contributed by atoms with Crippen LogP contribution in [0.15, 0.2) is 18.2 Å². The summed E-state index contributed by atoms with van der Waals surface area (Å²) in [6, 6.07) is 3.38. The Morgan fingerprint density at radius 2 is 2.07 bits per heavy atom. The van der Waals surface area contributed by atoms with Gasteiger partial charge in [0.15, 0.2) is 11.5 Å². The predicted octanol–water partition coefficient (Wildman–Crippen LogP) is 0.749. The summed E-state index contributed by atoms with van der Waals surface area (Å²) in [5.74, 6) is 0.656. The van der Waals surface area contributed by atoms with Crippen molar-refractivity contribution in [2.45, 2.75) is 45.3 Å². The molecule has 152 valence electrons. The Morgan fingerprint density at radius 3 is 2.79 bits per heavy atom. The summed E-state index contributed by atoms with van der Waals surface area (Å²) >= 11 is 0. The van der Waals surface area contributed by atoms with Crippen LogP contribution < -0.4 is 20.1 Å². The van der Waals surface area contributed by atoms with Gasteiger partial charge in [-0.05, 0) is 30.0 Å². The van der Waals surface area contributed by atoms with E-state index in [9.17, 15) is 19.5 Å². The number of ether oxygens (including phenoxy) is 2. The number of carbonyl (C=O) groups is 3. The molecule has 2 heterocycles. The number of nitrogens with one attached hydrogen (secondary N) is 2. The van der Waals surface area contributed by atoms with Crippen molar-refractivity contribution in [1.29, 1.82) is 0 Å². The lowest BCUT2D eigenvalue weighted by Gasteiger charge is -2.19. The van der Waals surface area contributed by atoms with E-state index in [0.29, 0.717) is 23.8 Å². The van der Waals surface area contributed by atoms with Gasteiger partial charge in [-0.25, -0.2) is 4.79 Å². The molecule has 4 amide bonds. The number of aliphatic hydroxyl groups excluding tert-OH is 1. The van der Waals surface area contributed by atoms with E-state index in [4.69, 9.17) is 9.47 Å². The quantitative estimate of drug-likeness (QED) is 0.563. The molecule has 0 aromatic heterocycles. The van der Waals surface area contributed by atoms with E-state index in [-0.39, 0.29) is 38.3 Å². The molecule has 28 heavy (non-hydrogen) atoms. The number of urea groups is 1. The Bertz CT molecular complexity index is 766. The lowest BCUT2D eigenvalue weighted by molar-refractivity contribution is -0.131. The third-order valence-corrected chi connectivity index (χ3v) is 4.62. The fourth-order valence-electron chi connectivity index (χ4n) is 3.31. The van der Waals surface area contributed by atoms with Crippen LogP contribution in [0, 0.1) is 5.92 Å². The lowest BCUT2D eigenvalue weighted by Crippen LogP contribution is -2.42. The van der Waals surface area contributed by atoms with E-state index in [1.54, 1.807) is 18.2 Å². The van der Waals surface area contributed by atoms with E-state index in [1.165, 1.54) is 0 Å². The van der Waals surface area contributed by atoms with Crippen LogP contribution in [-0.2, 0) is 16.1 Å². The second kappa shape index (κ2) is 8.47. The second-order valence-electron chi connectivity index (χ2n) is 7.39. The highest BCUT2D eigenvalue weighted by atomic mass is 16.7. The first-order valence-electron chi connectivity index (χ1n) is 9.28. The van der Waals surface area contributed by atoms with Crippen molar-refractivity contribution in [2.75, 3.05) is 13.4 Å². The van der Waals surface area contributed by atoms with Gasteiger partial charge in [-0.1, -0.05) is 19.9 Å². The average Bonchev–Trinajstić information content (AvgIpc) is 3.20. The zero-order valence-electron chi connectivity index (χ0n) is 15.9. The molecule has 2 aliphatic rings. The van der Waals surface area contributed by atoms with Crippen molar-refractivity contribution in [1.82, 2.24) is 15.5 Å². The predicted molar refractivity (Wildman–Crippen MR) is 98.5 cm³/mol. The van der Waals surface area contributed by atoms with Gasteiger partial charge in [-0.15, -0.1) is 0 Å². The topological polar surface area (TPSA) is 117 Å². The maximum Gasteiger partial charge on any atom is 0.325 e. The third-order valence-electron chi connectivity index (χ3n) is 4.62. The van der Waals surface area contributed by atoms with Crippen LogP contribution in [0.4, 0.5) is 4.79 Å². The molecule has 0 saturated carbocycles. The lowest BCUT2D eigenvalue weighted by atomic mass is 10.0. The first-order valence-corrected chi connectivity index (χ1v) is 9.28. The van der Waals surface area contributed by atoms with Crippen LogP contribution >= 0.6 is 0 Å². The molecule has 0 bridgehead atoms. The van der Waals surface area contributed by atoms with Crippen LogP contribution in [0.3, 0.4) is 0 Å². The van der Waals surface area contributed by atoms with Gasteiger partial charge < -0.3 is 25.2 Å². The summed E-state index contributed by atoms with van der Waals surface area (Å²) in [5, 5.41) is 14.6. The molecule has 0 unspecified atom stereocenters. The molecular weight excluding hydrogens is 366 g/mol. The highest BCUT2D eigenvalue weighted by Gasteiger charge is 2.39. The van der Waals surface area contributed by atoms with E-state index in [2.05, 4.69) is 10.6 Å². The molecule has 0 spiro atoms. The third kappa shape index (κ3) is 4.53. The Morgan fingerprint density at radius 1 is 1.32 bits per heavy atom. The zero-order valence-corrected chi connectivity index (χ0v) is 15.9. The summed E-state index contributed by atoms with van der Waals surface area (Å²) in [6.45, 7) is 4.02. The molecule has 3 rings (SSSR count). The minimum Gasteiger partial charge on any atom is -0.454 e. The van der Waals surface area contributed by atoms with Crippen molar-refractivity contribution < 1.29 is 29.0 Å². The first kappa shape index (κ1) is 19.9. The molecule has 3 N–H and O–H groups in total. The molecule has 2 atom stereocenters. The van der Waals surface area contributed by atoms with Crippen LogP contribution in [0.25, 0.3) is 0 Å². The monoisotopic (exact) mass is 391 g/mol. The van der Waals surface area contributed by atoms with Crippen LogP contribution in [0.2, 0.25) is 0 Å². The van der Waals surface area contributed by atoms with Crippen molar-refractivity contribution in [2.24, 2.45) is 5.92 Å². The number of imide groups is 1. The highest BCUT2D eigenvalue weighted by Crippen LogP contribution is 2.33. The number of hydrogen-bond donors (Lipinski definition) is 3. The number of fused-ring (bicyclic) bond motifs is 1. The first-order chi connectivity index (χ1) is 13.4. The Kier molecular flexibility index (Phi) is 6.03. The Hall–Kier alpha value is -2.81. The van der Waals surface area contributed by atoms with E-state index < -0.39 is 18.0 Å². The summed E-state index contributed by atoms with van der Waals surface area (Å²) in [5.41, 5.74) is 0.718. The number of rotatable bonds is 8. The van der Waals surface area contributed by atoms with Gasteiger partial charge in [0.1, 0.15) is 6.04 Å². The molecule has 1 saturated heterocycles. The molecule has 1 fully saturated rings. The molecule has 9 nitrogen and oxygen atoms in total. The summed E-state index contributed by atoms with van der Waals surface area (Å²) < 4.78 is 10.6. The summed E-state index contributed by atoms with van der Waals surface area (Å²) in [7, 11) is 0. The maximum absolute atomic E-state index is 12.6. The van der Waals surface area contributed by atoms with Gasteiger partial charge in [0, 0.05) is 0 Å². The standard InChI is InChI=1S/C19H25N3O6/c1-11(2)5-13(9-23)20-17(24)7-14-18(25)22(19(26)21-14)8-12-3-4-15-16(6-12)28-10-27-15/h3-4,6,11,13-14,23H,5,7-10H2,1-2H3,(H,20,24)(H,21,26)/t13-,14-/m1/s1. The normalized spacial score (nSPS) is 19.1. The highest BCUT2D eigenvalue weighted by molar-refractivity contribution is 6.05. The van der Waals surface area contributed by atoms with Gasteiger partial charge in [0.25, 0.3) is 5.91 Å². The SMILES string of the molecule is CC(C)C[C@H](CO)NC(=O)C[C@H]1NC(=O)N(Cc2ccc3c(c2)OCO3)C1=O. The van der Waals surface area contributed by atoms with Gasteiger partial charge in [0.2, 0.25) is 12.7 Å². The Balaban J connectivity index is 1.58. The molecular formula is C19H25N3O6. The van der Waals surface area contributed by atoms with Crippen molar-refractivity contribution in [3.05, 3.63) is 23.8 Å². The number of amides is 4. The van der Waals surface area contributed by atoms with Gasteiger partial charge in [-0.2, -0.15) is 0 Å². The fourth-order valence-corrected chi connectivity index (χ4v) is 3.31. The summed E-state index contributed by atoms with van der Waals surface area (Å²) in [4.78, 5) is 38.1. The summed E-state index contributed by atoms with van der Waals surface area (Å²) in [6.07, 6.45) is 0.459. The van der Waals surface area contributed by atoms with Gasteiger partial charge >= 0.3 is 6.03 Å². The van der Waals surface area contributed by atoms with Crippen LogP contribution in [0.5, 0.6) is 11.5 Å². The number of benzene rings is 1. The largest absolute Gasteiger partial charge is 0.454 e. The average molecular weight is 391 g/mol. The van der Waals surface area contributed by atoms with Gasteiger partial charge in [-0.3, -0.25) is 14.5 Å². The molecule has 9 heteroatoms.